The Kier molecular flexibility index (Phi) is 4.00. The molecule has 0 bridgehead atoms. The third-order valence-electron chi connectivity index (χ3n) is 1.90. The molecule has 0 aromatic heterocycles. The van der Waals surface area contributed by atoms with Gasteiger partial charge >= 0.3 is 6.18 Å². The van der Waals surface area contributed by atoms with Gasteiger partial charge in [0, 0.05) is 18.7 Å². The zero-order chi connectivity index (χ0) is 12.2. The largest absolute Gasteiger partial charge is 0.493 e. The van der Waals surface area contributed by atoms with Crippen molar-refractivity contribution in [2.75, 3.05) is 18.9 Å². The van der Waals surface area contributed by atoms with Gasteiger partial charge in [-0.3, -0.25) is 0 Å². The van der Waals surface area contributed by atoms with Crippen molar-refractivity contribution in [3.63, 3.8) is 0 Å². The molecule has 0 saturated carbocycles. The number of ether oxygens (including phenoxy) is 1. The first-order valence-electron chi connectivity index (χ1n) is 4.65. The number of hydrogen-bond donors (Lipinski definition) is 2. The predicted molar refractivity (Wildman–Crippen MR) is 53.1 cm³/mol. The van der Waals surface area contributed by atoms with Crippen LogP contribution in [0.1, 0.15) is 12.0 Å². The first-order chi connectivity index (χ1) is 7.45. The van der Waals surface area contributed by atoms with Crippen molar-refractivity contribution in [3.8, 4) is 5.75 Å². The normalized spacial score (nSPS) is 11.5. The molecule has 0 aliphatic carbocycles. The maximum atomic E-state index is 12.4. The number of nitrogen functional groups attached to an aromatic ring is 1. The Labute approximate surface area is 90.6 Å². The molecule has 1 aromatic rings. The van der Waals surface area contributed by atoms with Gasteiger partial charge in [0.05, 0.1) is 12.2 Å². The van der Waals surface area contributed by atoms with Crippen molar-refractivity contribution in [2.24, 2.45) is 0 Å². The van der Waals surface area contributed by atoms with E-state index >= 15 is 0 Å². The van der Waals surface area contributed by atoms with Gasteiger partial charge in [-0.25, -0.2) is 0 Å². The molecule has 3 N–H and O–H groups in total. The second-order valence-corrected chi connectivity index (χ2v) is 3.17. The Morgan fingerprint density at radius 3 is 2.56 bits per heavy atom. The summed E-state index contributed by atoms with van der Waals surface area (Å²) in [5, 5.41) is 8.49. The van der Waals surface area contributed by atoms with Crippen molar-refractivity contribution < 1.29 is 23.0 Å². The molecule has 0 unspecified atom stereocenters. The predicted octanol–water partition coefficient (Wildman–Crippen LogP) is 2.05. The highest BCUT2D eigenvalue weighted by Crippen LogP contribution is 2.35. The monoisotopic (exact) mass is 235 g/mol. The Hall–Kier alpha value is -1.43. The molecule has 0 heterocycles. The lowest BCUT2D eigenvalue weighted by atomic mass is 10.1. The van der Waals surface area contributed by atoms with Crippen LogP contribution in [-0.4, -0.2) is 18.3 Å². The molecule has 1 rings (SSSR count). The zero-order valence-corrected chi connectivity index (χ0v) is 8.42. The smallest absolute Gasteiger partial charge is 0.418 e. The molecule has 0 aliphatic heterocycles. The van der Waals surface area contributed by atoms with Crippen molar-refractivity contribution in [3.05, 3.63) is 23.8 Å². The summed E-state index contributed by atoms with van der Waals surface area (Å²) in [6.45, 7) is 0.0960. The third-order valence-corrected chi connectivity index (χ3v) is 1.90. The van der Waals surface area contributed by atoms with Crippen molar-refractivity contribution in [1.82, 2.24) is 0 Å². The van der Waals surface area contributed by atoms with Gasteiger partial charge in [-0.15, -0.1) is 0 Å². The van der Waals surface area contributed by atoms with Gasteiger partial charge in [-0.05, 0) is 18.2 Å². The highest BCUT2D eigenvalue weighted by molar-refractivity contribution is 5.51. The molecule has 0 radical (unpaired) electrons. The Bertz CT molecular complexity index is 352. The maximum absolute atomic E-state index is 12.4. The fraction of sp³-hybridized carbons (Fsp3) is 0.400. The number of halogens is 3. The molecule has 0 saturated heterocycles. The number of aliphatic hydroxyl groups is 1. The summed E-state index contributed by atoms with van der Waals surface area (Å²) in [5.41, 5.74) is 3.98. The third kappa shape index (κ3) is 3.30. The number of hydrogen-bond acceptors (Lipinski definition) is 3. The SMILES string of the molecule is Nc1ccc(OCCCO)cc1C(F)(F)F. The van der Waals surface area contributed by atoms with Gasteiger partial charge < -0.3 is 15.6 Å². The van der Waals surface area contributed by atoms with Crippen LogP contribution in [-0.2, 0) is 6.18 Å². The highest BCUT2D eigenvalue weighted by atomic mass is 19.4. The number of rotatable bonds is 4. The topological polar surface area (TPSA) is 55.5 Å². The lowest BCUT2D eigenvalue weighted by Gasteiger charge is -2.12. The molecule has 0 amide bonds. The van der Waals surface area contributed by atoms with Crippen LogP contribution in [0.25, 0.3) is 0 Å². The number of benzene rings is 1. The molecule has 0 aliphatic rings. The Morgan fingerprint density at radius 1 is 1.31 bits per heavy atom. The van der Waals surface area contributed by atoms with E-state index in [2.05, 4.69) is 0 Å². The van der Waals surface area contributed by atoms with Crippen LogP contribution in [0, 0.1) is 0 Å². The van der Waals surface area contributed by atoms with Crippen LogP contribution in [0.5, 0.6) is 5.75 Å². The molecule has 0 fully saturated rings. The standard InChI is InChI=1S/C10H12F3NO2/c11-10(12,13)8-6-7(2-3-9(8)14)16-5-1-4-15/h2-3,6,15H,1,4-5,14H2. The van der Waals surface area contributed by atoms with Crippen LogP contribution in [0.3, 0.4) is 0 Å². The van der Waals surface area contributed by atoms with E-state index in [1.807, 2.05) is 0 Å². The van der Waals surface area contributed by atoms with Gasteiger partial charge in [0.1, 0.15) is 5.75 Å². The summed E-state index contributed by atoms with van der Waals surface area (Å²) in [6, 6.07) is 3.37. The van der Waals surface area contributed by atoms with E-state index in [1.54, 1.807) is 0 Å². The molecule has 16 heavy (non-hydrogen) atoms. The van der Waals surface area contributed by atoms with Gasteiger partial charge in [0.15, 0.2) is 0 Å². The van der Waals surface area contributed by atoms with Crippen molar-refractivity contribution >= 4 is 5.69 Å². The van der Waals surface area contributed by atoms with E-state index < -0.39 is 11.7 Å². The highest BCUT2D eigenvalue weighted by Gasteiger charge is 2.33. The average molecular weight is 235 g/mol. The van der Waals surface area contributed by atoms with E-state index in [0.29, 0.717) is 6.42 Å². The van der Waals surface area contributed by atoms with Gasteiger partial charge in [-0.2, -0.15) is 13.2 Å². The lowest BCUT2D eigenvalue weighted by Crippen LogP contribution is -2.09. The average Bonchev–Trinajstić information content (AvgIpc) is 2.19. The summed E-state index contributed by atoms with van der Waals surface area (Å²) in [6.07, 6.45) is -4.12. The molecule has 0 atom stereocenters. The van der Waals surface area contributed by atoms with Crippen LogP contribution < -0.4 is 10.5 Å². The Balaban J connectivity index is 2.82. The zero-order valence-electron chi connectivity index (χ0n) is 8.42. The Morgan fingerprint density at radius 2 is 2.00 bits per heavy atom. The van der Waals surface area contributed by atoms with Gasteiger partial charge in [0.2, 0.25) is 0 Å². The van der Waals surface area contributed by atoms with Crippen molar-refractivity contribution in [2.45, 2.75) is 12.6 Å². The molecule has 90 valence electrons. The molecule has 1 aromatic carbocycles. The quantitative estimate of drug-likeness (QED) is 0.620. The first kappa shape index (κ1) is 12.6. The van der Waals surface area contributed by atoms with Gasteiger partial charge in [-0.1, -0.05) is 0 Å². The molecular weight excluding hydrogens is 223 g/mol. The van der Waals surface area contributed by atoms with Crippen molar-refractivity contribution in [1.29, 1.82) is 0 Å². The molecule has 6 heteroatoms. The van der Waals surface area contributed by atoms with E-state index in [1.165, 1.54) is 6.07 Å². The minimum atomic E-state index is -4.49. The summed E-state index contributed by atoms with van der Waals surface area (Å²) >= 11 is 0. The van der Waals surface area contributed by atoms with Crippen LogP contribution in [0.4, 0.5) is 18.9 Å². The number of alkyl halides is 3. The fourth-order valence-electron chi connectivity index (χ4n) is 1.13. The molecule has 3 nitrogen and oxygen atoms in total. The number of nitrogens with two attached hydrogens (primary N) is 1. The van der Waals surface area contributed by atoms with E-state index in [0.717, 1.165) is 12.1 Å². The van der Waals surface area contributed by atoms with E-state index in [9.17, 15) is 13.2 Å². The lowest BCUT2D eigenvalue weighted by molar-refractivity contribution is -0.137. The summed E-state index contributed by atoms with van der Waals surface area (Å²) in [4.78, 5) is 0. The van der Waals surface area contributed by atoms with E-state index in [4.69, 9.17) is 15.6 Å². The van der Waals surface area contributed by atoms with Crippen LogP contribution in [0.15, 0.2) is 18.2 Å². The first-order valence-corrected chi connectivity index (χ1v) is 4.65. The molecular formula is C10H12F3NO2. The molecule has 0 spiro atoms. The van der Waals surface area contributed by atoms with E-state index in [-0.39, 0.29) is 24.7 Å². The van der Waals surface area contributed by atoms with Crippen LogP contribution in [0.2, 0.25) is 0 Å². The number of aliphatic hydroxyl groups excluding tert-OH is 1. The minimum absolute atomic E-state index is 0.0684. The summed E-state index contributed by atoms with van der Waals surface area (Å²) in [7, 11) is 0. The fourth-order valence-corrected chi connectivity index (χ4v) is 1.13. The summed E-state index contributed by atoms with van der Waals surface area (Å²) in [5.74, 6) is 0.0926. The van der Waals surface area contributed by atoms with Gasteiger partial charge in [0.25, 0.3) is 0 Å². The maximum Gasteiger partial charge on any atom is 0.418 e. The second-order valence-electron chi connectivity index (χ2n) is 3.17. The number of anilines is 1. The second kappa shape index (κ2) is 5.07. The van der Waals surface area contributed by atoms with Crippen LogP contribution >= 0.6 is 0 Å². The summed E-state index contributed by atoms with van der Waals surface area (Å²) < 4.78 is 42.3. The minimum Gasteiger partial charge on any atom is -0.493 e.